The van der Waals surface area contributed by atoms with Gasteiger partial charge >= 0.3 is 0 Å². The van der Waals surface area contributed by atoms with Gasteiger partial charge in [0.05, 0.1) is 5.52 Å². The summed E-state index contributed by atoms with van der Waals surface area (Å²) in [6, 6.07) is 1.89. The Kier molecular flexibility index (Phi) is 1.76. The molecular weight excluding hydrogens is 219 g/mol. The third-order valence-corrected chi connectivity index (χ3v) is 3.23. The number of nitrogens with zero attached hydrogens (tertiary/aromatic N) is 1. The van der Waals surface area contributed by atoms with Crippen molar-refractivity contribution >= 4 is 34.1 Å². The van der Waals surface area contributed by atoms with Gasteiger partial charge in [0, 0.05) is 11.1 Å². The molecule has 2 aromatic rings. The van der Waals surface area contributed by atoms with Gasteiger partial charge in [-0.15, -0.1) is 0 Å². The molecule has 0 aliphatic heterocycles. The maximum atomic E-state index is 6.00. The lowest BCUT2D eigenvalue weighted by Crippen LogP contribution is -1.82. The zero-order valence-electron chi connectivity index (χ0n) is 7.40. The molecule has 0 saturated heterocycles. The van der Waals surface area contributed by atoms with Crippen LogP contribution < -0.4 is 0 Å². The summed E-state index contributed by atoms with van der Waals surface area (Å²) in [6.07, 6.45) is 3.44. The molecule has 0 amide bonds. The number of fused-ring (bicyclic) bond motifs is 3. The van der Waals surface area contributed by atoms with E-state index >= 15 is 0 Å². The molecule has 0 unspecified atom stereocenters. The Balaban J connectivity index is 2.43. The average Bonchev–Trinajstić information content (AvgIpc) is 2.65. The van der Waals surface area contributed by atoms with Crippen molar-refractivity contribution in [3.05, 3.63) is 27.6 Å². The standard InChI is InChI=1S/C10H8Cl2N2/c11-8-4-6-5-2-1-3-7(5)13-9(6)10(12)14-8/h4,13H,1-3H2. The van der Waals surface area contributed by atoms with Gasteiger partial charge in [-0.25, -0.2) is 4.98 Å². The molecular formula is C10H8Cl2N2. The second kappa shape index (κ2) is 2.88. The van der Waals surface area contributed by atoms with Gasteiger partial charge < -0.3 is 4.98 Å². The van der Waals surface area contributed by atoms with Crippen LogP contribution >= 0.6 is 23.2 Å². The van der Waals surface area contributed by atoms with Gasteiger partial charge in [-0.05, 0) is 30.9 Å². The first-order valence-corrected chi connectivity index (χ1v) is 5.37. The highest BCUT2D eigenvalue weighted by Crippen LogP contribution is 2.33. The van der Waals surface area contributed by atoms with E-state index in [1.807, 2.05) is 6.07 Å². The highest BCUT2D eigenvalue weighted by molar-refractivity contribution is 6.36. The molecule has 0 fully saturated rings. The van der Waals surface area contributed by atoms with Crippen LogP contribution in [-0.4, -0.2) is 9.97 Å². The zero-order chi connectivity index (χ0) is 9.71. The summed E-state index contributed by atoms with van der Waals surface area (Å²) in [4.78, 5) is 7.33. The molecule has 0 bridgehead atoms. The van der Waals surface area contributed by atoms with Crippen LogP contribution in [0.2, 0.25) is 10.3 Å². The van der Waals surface area contributed by atoms with Crippen molar-refractivity contribution in [1.82, 2.24) is 9.97 Å². The summed E-state index contributed by atoms with van der Waals surface area (Å²) in [5.41, 5.74) is 3.60. The Morgan fingerprint density at radius 1 is 1.29 bits per heavy atom. The Morgan fingerprint density at radius 2 is 2.14 bits per heavy atom. The number of aromatic nitrogens is 2. The number of pyridine rings is 1. The minimum absolute atomic E-state index is 0.469. The number of hydrogen-bond donors (Lipinski definition) is 1. The predicted octanol–water partition coefficient (Wildman–Crippen LogP) is 3.36. The number of hydrogen-bond acceptors (Lipinski definition) is 1. The Hall–Kier alpha value is -0.730. The van der Waals surface area contributed by atoms with Crippen LogP contribution in [0.3, 0.4) is 0 Å². The number of aromatic amines is 1. The molecule has 1 aliphatic carbocycles. The fraction of sp³-hybridized carbons (Fsp3) is 0.300. The molecule has 2 nitrogen and oxygen atoms in total. The third-order valence-electron chi connectivity index (χ3n) is 2.76. The van der Waals surface area contributed by atoms with Crippen LogP contribution in [0.4, 0.5) is 0 Å². The van der Waals surface area contributed by atoms with E-state index in [9.17, 15) is 0 Å². The molecule has 3 rings (SSSR count). The van der Waals surface area contributed by atoms with E-state index in [-0.39, 0.29) is 0 Å². The first-order valence-electron chi connectivity index (χ1n) is 4.61. The molecule has 2 aromatic heterocycles. The molecule has 72 valence electrons. The number of halogens is 2. The highest BCUT2D eigenvalue weighted by atomic mass is 35.5. The van der Waals surface area contributed by atoms with Gasteiger partial charge in [-0.1, -0.05) is 23.2 Å². The summed E-state index contributed by atoms with van der Waals surface area (Å²) >= 11 is 11.9. The summed E-state index contributed by atoms with van der Waals surface area (Å²) in [7, 11) is 0. The molecule has 0 saturated carbocycles. The first-order chi connectivity index (χ1) is 6.75. The smallest absolute Gasteiger partial charge is 0.154 e. The van der Waals surface area contributed by atoms with Crippen molar-refractivity contribution in [3.8, 4) is 0 Å². The number of H-pyrrole nitrogens is 1. The SMILES string of the molecule is Clc1cc2c3c([nH]c2c(Cl)n1)CCC3. The van der Waals surface area contributed by atoms with Gasteiger partial charge in [0.1, 0.15) is 5.15 Å². The van der Waals surface area contributed by atoms with Crippen molar-refractivity contribution in [2.45, 2.75) is 19.3 Å². The van der Waals surface area contributed by atoms with Gasteiger partial charge in [-0.3, -0.25) is 0 Å². The number of nitrogens with one attached hydrogen (secondary N) is 1. The summed E-state index contributed by atoms with van der Waals surface area (Å²) in [5, 5.41) is 2.08. The average molecular weight is 227 g/mol. The fourth-order valence-electron chi connectivity index (χ4n) is 2.17. The monoisotopic (exact) mass is 226 g/mol. The summed E-state index contributed by atoms with van der Waals surface area (Å²) in [6.45, 7) is 0. The normalized spacial score (nSPS) is 15.0. The molecule has 4 heteroatoms. The second-order valence-electron chi connectivity index (χ2n) is 3.59. The van der Waals surface area contributed by atoms with Crippen LogP contribution in [0.5, 0.6) is 0 Å². The molecule has 0 aromatic carbocycles. The van der Waals surface area contributed by atoms with E-state index in [4.69, 9.17) is 23.2 Å². The Morgan fingerprint density at radius 3 is 3.00 bits per heavy atom. The van der Waals surface area contributed by atoms with Crippen LogP contribution in [0, 0.1) is 0 Å². The zero-order valence-corrected chi connectivity index (χ0v) is 8.91. The topological polar surface area (TPSA) is 28.7 Å². The minimum atomic E-state index is 0.469. The lowest BCUT2D eigenvalue weighted by molar-refractivity contribution is 0.898. The fourth-order valence-corrected chi connectivity index (χ4v) is 2.65. The van der Waals surface area contributed by atoms with Crippen LogP contribution in [0.25, 0.3) is 10.9 Å². The molecule has 14 heavy (non-hydrogen) atoms. The molecule has 1 N–H and O–H groups in total. The molecule has 0 atom stereocenters. The minimum Gasteiger partial charge on any atom is -0.356 e. The van der Waals surface area contributed by atoms with E-state index in [0.29, 0.717) is 10.3 Å². The second-order valence-corrected chi connectivity index (χ2v) is 4.34. The van der Waals surface area contributed by atoms with E-state index < -0.39 is 0 Å². The maximum Gasteiger partial charge on any atom is 0.154 e. The number of rotatable bonds is 0. The molecule has 2 heterocycles. The molecule has 0 spiro atoms. The van der Waals surface area contributed by atoms with E-state index in [2.05, 4.69) is 9.97 Å². The quantitative estimate of drug-likeness (QED) is 0.687. The Labute approximate surface area is 91.2 Å². The van der Waals surface area contributed by atoms with Gasteiger partial charge in [0.25, 0.3) is 0 Å². The first kappa shape index (κ1) is 8.57. The third kappa shape index (κ3) is 1.07. The molecule has 1 aliphatic rings. The van der Waals surface area contributed by atoms with Gasteiger partial charge in [0.15, 0.2) is 5.15 Å². The largest absolute Gasteiger partial charge is 0.356 e. The van der Waals surface area contributed by atoms with Crippen molar-refractivity contribution < 1.29 is 0 Å². The lowest BCUT2D eigenvalue weighted by Gasteiger charge is -1.96. The Bertz CT molecular complexity index is 516. The van der Waals surface area contributed by atoms with Crippen molar-refractivity contribution in [1.29, 1.82) is 0 Å². The predicted molar refractivity (Wildman–Crippen MR) is 58.1 cm³/mol. The lowest BCUT2D eigenvalue weighted by atomic mass is 10.2. The van der Waals surface area contributed by atoms with Crippen LogP contribution in [0.15, 0.2) is 6.07 Å². The van der Waals surface area contributed by atoms with Crippen LogP contribution in [0.1, 0.15) is 17.7 Å². The van der Waals surface area contributed by atoms with Crippen molar-refractivity contribution in [3.63, 3.8) is 0 Å². The van der Waals surface area contributed by atoms with Crippen molar-refractivity contribution in [2.75, 3.05) is 0 Å². The maximum absolute atomic E-state index is 6.00. The number of aryl methyl sites for hydroxylation is 2. The highest BCUT2D eigenvalue weighted by Gasteiger charge is 2.18. The summed E-state index contributed by atoms with van der Waals surface area (Å²) < 4.78 is 0. The van der Waals surface area contributed by atoms with Crippen molar-refractivity contribution in [2.24, 2.45) is 0 Å². The summed E-state index contributed by atoms with van der Waals surface area (Å²) in [5.74, 6) is 0. The van der Waals surface area contributed by atoms with E-state index in [1.54, 1.807) is 0 Å². The van der Waals surface area contributed by atoms with Crippen LogP contribution in [-0.2, 0) is 12.8 Å². The van der Waals surface area contributed by atoms with E-state index in [1.165, 1.54) is 17.7 Å². The van der Waals surface area contributed by atoms with E-state index in [0.717, 1.165) is 23.7 Å². The molecule has 0 radical (unpaired) electrons. The van der Waals surface area contributed by atoms with Gasteiger partial charge in [-0.2, -0.15) is 0 Å². The van der Waals surface area contributed by atoms with Gasteiger partial charge in [0.2, 0.25) is 0 Å².